The summed E-state index contributed by atoms with van der Waals surface area (Å²) in [6, 6.07) is 0.517. The molecule has 0 amide bonds. The number of hydrogen-bond donors (Lipinski definition) is 3. The van der Waals surface area contributed by atoms with Gasteiger partial charge in [-0.15, -0.1) is 0 Å². The van der Waals surface area contributed by atoms with Crippen LogP contribution in [-0.4, -0.2) is 35.4 Å². The fourth-order valence-electron chi connectivity index (χ4n) is 2.44. The van der Waals surface area contributed by atoms with E-state index in [9.17, 15) is 4.79 Å². The fraction of sp³-hybridized carbons (Fsp3) is 0.923. The Morgan fingerprint density at radius 3 is 2.29 bits per heavy atom. The Labute approximate surface area is 103 Å². The third kappa shape index (κ3) is 6.03. The second-order valence-electron chi connectivity index (χ2n) is 4.98. The van der Waals surface area contributed by atoms with E-state index in [1.165, 1.54) is 0 Å². The van der Waals surface area contributed by atoms with Crippen molar-refractivity contribution in [2.75, 3.05) is 13.2 Å². The van der Waals surface area contributed by atoms with Gasteiger partial charge < -0.3 is 15.5 Å². The molecule has 1 saturated carbocycles. The molecule has 0 atom stereocenters. The first-order chi connectivity index (χ1) is 8.24. The zero-order chi connectivity index (χ0) is 12.5. The van der Waals surface area contributed by atoms with Crippen LogP contribution in [0.5, 0.6) is 0 Å². The molecule has 17 heavy (non-hydrogen) atoms. The standard InChI is InChI=1S/C13H25NO3/c15-10-4-2-1-3-9-14-12-7-5-11(6-8-12)13(16)17/h11-12,14-15H,1-10H2,(H,16,17). The summed E-state index contributed by atoms with van der Waals surface area (Å²) in [5.74, 6) is -0.745. The molecule has 4 nitrogen and oxygen atoms in total. The van der Waals surface area contributed by atoms with E-state index in [-0.39, 0.29) is 5.92 Å². The van der Waals surface area contributed by atoms with Gasteiger partial charge in [0.05, 0.1) is 5.92 Å². The number of rotatable bonds is 8. The van der Waals surface area contributed by atoms with Crippen molar-refractivity contribution in [3.63, 3.8) is 0 Å². The molecular weight excluding hydrogens is 218 g/mol. The first kappa shape index (κ1) is 14.5. The lowest BCUT2D eigenvalue weighted by Gasteiger charge is -2.26. The number of nitrogens with one attached hydrogen (secondary N) is 1. The molecule has 1 aliphatic rings. The van der Waals surface area contributed by atoms with E-state index in [1.807, 2.05) is 0 Å². The van der Waals surface area contributed by atoms with Gasteiger partial charge in [-0.1, -0.05) is 12.8 Å². The van der Waals surface area contributed by atoms with Crippen molar-refractivity contribution in [1.82, 2.24) is 5.32 Å². The number of carbonyl (C=O) groups is 1. The Bertz CT molecular complexity index is 213. The van der Waals surface area contributed by atoms with Gasteiger partial charge >= 0.3 is 5.97 Å². The smallest absolute Gasteiger partial charge is 0.306 e. The summed E-state index contributed by atoms with van der Waals surface area (Å²) in [5.41, 5.74) is 0. The van der Waals surface area contributed by atoms with Crippen molar-refractivity contribution >= 4 is 5.97 Å². The normalized spacial score (nSPS) is 24.8. The zero-order valence-electron chi connectivity index (χ0n) is 10.5. The van der Waals surface area contributed by atoms with E-state index >= 15 is 0 Å². The van der Waals surface area contributed by atoms with Gasteiger partial charge in [0.25, 0.3) is 0 Å². The van der Waals surface area contributed by atoms with Crippen molar-refractivity contribution < 1.29 is 15.0 Å². The molecular formula is C13H25NO3. The van der Waals surface area contributed by atoms with Crippen LogP contribution in [0.3, 0.4) is 0 Å². The second-order valence-corrected chi connectivity index (χ2v) is 4.98. The lowest BCUT2D eigenvalue weighted by Crippen LogP contribution is -2.35. The number of aliphatic carboxylic acids is 1. The molecule has 3 N–H and O–H groups in total. The number of hydrogen-bond acceptors (Lipinski definition) is 3. The number of unbranched alkanes of at least 4 members (excludes halogenated alkanes) is 3. The van der Waals surface area contributed by atoms with Gasteiger partial charge in [-0.25, -0.2) is 0 Å². The summed E-state index contributed by atoms with van der Waals surface area (Å²) >= 11 is 0. The highest BCUT2D eigenvalue weighted by atomic mass is 16.4. The molecule has 0 aromatic carbocycles. The Kier molecular flexibility index (Phi) is 7.21. The maximum atomic E-state index is 10.8. The molecule has 4 heteroatoms. The average Bonchev–Trinajstić information content (AvgIpc) is 2.34. The lowest BCUT2D eigenvalue weighted by molar-refractivity contribution is -0.142. The quantitative estimate of drug-likeness (QED) is 0.568. The third-order valence-corrected chi connectivity index (χ3v) is 3.59. The molecule has 0 aliphatic heterocycles. The van der Waals surface area contributed by atoms with E-state index in [0.29, 0.717) is 12.6 Å². The number of aliphatic hydroxyl groups excluding tert-OH is 1. The molecule has 0 unspecified atom stereocenters. The Hall–Kier alpha value is -0.610. The summed E-state index contributed by atoms with van der Waals surface area (Å²) in [4.78, 5) is 10.8. The van der Waals surface area contributed by atoms with E-state index in [2.05, 4.69) is 5.32 Å². The van der Waals surface area contributed by atoms with E-state index in [1.54, 1.807) is 0 Å². The molecule has 1 rings (SSSR count). The predicted molar refractivity (Wildman–Crippen MR) is 66.9 cm³/mol. The van der Waals surface area contributed by atoms with E-state index in [0.717, 1.165) is 57.9 Å². The molecule has 0 bridgehead atoms. The summed E-state index contributed by atoms with van der Waals surface area (Å²) < 4.78 is 0. The number of carboxylic acids is 1. The molecule has 1 fully saturated rings. The fourth-order valence-corrected chi connectivity index (χ4v) is 2.44. The Morgan fingerprint density at radius 2 is 1.71 bits per heavy atom. The van der Waals surface area contributed by atoms with Crippen molar-refractivity contribution in [2.24, 2.45) is 5.92 Å². The summed E-state index contributed by atoms with van der Waals surface area (Å²) in [6.07, 6.45) is 7.95. The summed E-state index contributed by atoms with van der Waals surface area (Å²) in [6.45, 7) is 1.32. The van der Waals surface area contributed by atoms with Crippen molar-refractivity contribution in [1.29, 1.82) is 0 Å². The van der Waals surface area contributed by atoms with Crippen LogP contribution in [0.25, 0.3) is 0 Å². The van der Waals surface area contributed by atoms with Crippen LogP contribution in [-0.2, 0) is 4.79 Å². The van der Waals surface area contributed by atoms with E-state index in [4.69, 9.17) is 10.2 Å². The minimum atomic E-state index is -0.632. The summed E-state index contributed by atoms with van der Waals surface area (Å²) in [7, 11) is 0. The minimum Gasteiger partial charge on any atom is -0.481 e. The van der Waals surface area contributed by atoms with Gasteiger partial charge in [0, 0.05) is 12.6 Å². The molecule has 0 radical (unpaired) electrons. The maximum absolute atomic E-state index is 10.8. The molecule has 100 valence electrons. The minimum absolute atomic E-state index is 0.113. The van der Waals surface area contributed by atoms with Crippen LogP contribution in [0, 0.1) is 5.92 Å². The van der Waals surface area contributed by atoms with Gasteiger partial charge in [-0.05, 0) is 45.1 Å². The Morgan fingerprint density at radius 1 is 1.06 bits per heavy atom. The topological polar surface area (TPSA) is 69.6 Å². The van der Waals surface area contributed by atoms with Crippen molar-refractivity contribution in [3.8, 4) is 0 Å². The largest absolute Gasteiger partial charge is 0.481 e. The molecule has 0 heterocycles. The highest BCUT2D eigenvalue weighted by Gasteiger charge is 2.25. The number of aliphatic hydroxyl groups is 1. The summed E-state index contributed by atoms with van der Waals surface area (Å²) in [5, 5.41) is 21.0. The number of carboxylic acid groups (broad SMARTS) is 1. The van der Waals surface area contributed by atoms with Crippen LogP contribution in [0.1, 0.15) is 51.4 Å². The average molecular weight is 243 g/mol. The van der Waals surface area contributed by atoms with Gasteiger partial charge in [0.2, 0.25) is 0 Å². The molecule has 1 aliphatic carbocycles. The molecule has 0 spiro atoms. The van der Waals surface area contributed by atoms with Crippen molar-refractivity contribution in [2.45, 2.75) is 57.4 Å². The van der Waals surface area contributed by atoms with Crippen LogP contribution in [0.15, 0.2) is 0 Å². The van der Waals surface area contributed by atoms with Crippen molar-refractivity contribution in [3.05, 3.63) is 0 Å². The van der Waals surface area contributed by atoms with Crippen LogP contribution in [0.4, 0.5) is 0 Å². The SMILES string of the molecule is O=C(O)C1CCC(NCCCCCCO)CC1. The lowest BCUT2D eigenvalue weighted by atomic mass is 9.86. The predicted octanol–water partition coefficient (Wildman–Crippen LogP) is 1.77. The van der Waals surface area contributed by atoms with Gasteiger partial charge in [-0.2, -0.15) is 0 Å². The molecule has 0 aromatic heterocycles. The zero-order valence-corrected chi connectivity index (χ0v) is 10.5. The van der Waals surface area contributed by atoms with Crippen LogP contribution < -0.4 is 5.32 Å². The van der Waals surface area contributed by atoms with Gasteiger partial charge in [0.1, 0.15) is 0 Å². The first-order valence-electron chi connectivity index (χ1n) is 6.81. The first-order valence-corrected chi connectivity index (χ1v) is 6.81. The Balaban J connectivity index is 1.97. The molecule has 0 aromatic rings. The van der Waals surface area contributed by atoms with Crippen LogP contribution in [0.2, 0.25) is 0 Å². The van der Waals surface area contributed by atoms with E-state index < -0.39 is 5.97 Å². The monoisotopic (exact) mass is 243 g/mol. The molecule has 0 saturated heterocycles. The van der Waals surface area contributed by atoms with Gasteiger partial charge in [0.15, 0.2) is 0 Å². The second kappa shape index (κ2) is 8.48. The highest BCUT2D eigenvalue weighted by Crippen LogP contribution is 2.24. The third-order valence-electron chi connectivity index (χ3n) is 3.59. The maximum Gasteiger partial charge on any atom is 0.306 e. The van der Waals surface area contributed by atoms with Crippen LogP contribution >= 0.6 is 0 Å². The van der Waals surface area contributed by atoms with Gasteiger partial charge in [-0.3, -0.25) is 4.79 Å². The highest BCUT2D eigenvalue weighted by molar-refractivity contribution is 5.70.